The molecule has 0 aromatic rings. The van der Waals surface area contributed by atoms with Crippen molar-refractivity contribution in [1.29, 1.82) is 0 Å². The first kappa shape index (κ1) is 15.4. The van der Waals surface area contributed by atoms with Crippen molar-refractivity contribution >= 4 is 5.97 Å². The van der Waals surface area contributed by atoms with Crippen LogP contribution >= 0.6 is 0 Å². The Bertz CT molecular complexity index is 171. The van der Waals surface area contributed by atoms with Crippen molar-refractivity contribution in [2.24, 2.45) is 11.7 Å². The quantitative estimate of drug-likeness (QED) is 0.463. The number of ether oxygens (including phenoxy) is 1. The molecule has 0 saturated carbocycles. The Morgan fingerprint density at radius 1 is 1.25 bits per heavy atom. The molecule has 0 fully saturated rings. The van der Waals surface area contributed by atoms with Gasteiger partial charge in [-0.1, -0.05) is 33.1 Å². The molecule has 0 bridgehead atoms. The molecule has 0 heterocycles. The standard InChI is InChI=1S/C13H27NO2/c1-3-4-8-12(2)11-16-13(15)9-6-5-7-10-14/h12H,3-11,14H2,1-2H3. The third kappa shape index (κ3) is 9.97. The van der Waals surface area contributed by atoms with Gasteiger partial charge in [-0.15, -0.1) is 0 Å². The van der Waals surface area contributed by atoms with Crippen LogP contribution in [0.1, 0.15) is 58.8 Å². The Morgan fingerprint density at radius 2 is 2.00 bits per heavy atom. The SMILES string of the molecule is CCCCC(C)COC(=O)CCCCCN. The molecule has 0 aromatic carbocycles. The van der Waals surface area contributed by atoms with Gasteiger partial charge in [0.05, 0.1) is 6.61 Å². The van der Waals surface area contributed by atoms with Crippen LogP contribution in [0.3, 0.4) is 0 Å². The minimum absolute atomic E-state index is 0.0552. The van der Waals surface area contributed by atoms with Crippen LogP contribution in [0.4, 0.5) is 0 Å². The summed E-state index contributed by atoms with van der Waals surface area (Å²) >= 11 is 0. The van der Waals surface area contributed by atoms with E-state index in [4.69, 9.17) is 10.5 Å². The summed E-state index contributed by atoms with van der Waals surface area (Å²) in [5, 5.41) is 0. The van der Waals surface area contributed by atoms with Gasteiger partial charge in [-0.25, -0.2) is 0 Å². The van der Waals surface area contributed by atoms with Crippen LogP contribution in [0, 0.1) is 5.92 Å². The Morgan fingerprint density at radius 3 is 2.62 bits per heavy atom. The first-order chi connectivity index (χ1) is 7.70. The number of rotatable bonds is 10. The first-order valence-corrected chi connectivity index (χ1v) is 6.56. The maximum Gasteiger partial charge on any atom is 0.305 e. The molecule has 0 saturated heterocycles. The lowest BCUT2D eigenvalue weighted by molar-refractivity contribution is -0.145. The Kier molecular flexibility index (Phi) is 10.5. The molecule has 0 radical (unpaired) electrons. The van der Waals surface area contributed by atoms with Gasteiger partial charge in [0.15, 0.2) is 0 Å². The molecule has 3 heteroatoms. The fourth-order valence-electron chi connectivity index (χ4n) is 1.53. The second-order valence-corrected chi connectivity index (χ2v) is 4.53. The van der Waals surface area contributed by atoms with Gasteiger partial charge in [0.25, 0.3) is 0 Å². The predicted octanol–water partition coefficient (Wildman–Crippen LogP) is 2.88. The van der Waals surface area contributed by atoms with Gasteiger partial charge >= 0.3 is 5.97 Å². The topological polar surface area (TPSA) is 52.3 Å². The van der Waals surface area contributed by atoms with Gasteiger partial charge in [0, 0.05) is 6.42 Å². The highest BCUT2D eigenvalue weighted by atomic mass is 16.5. The maximum absolute atomic E-state index is 11.3. The molecule has 1 unspecified atom stereocenters. The van der Waals surface area contributed by atoms with Crippen molar-refractivity contribution < 1.29 is 9.53 Å². The van der Waals surface area contributed by atoms with E-state index in [0.29, 0.717) is 25.5 Å². The van der Waals surface area contributed by atoms with Crippen LogP contribution in [-0.4, -0.2) is 19.1 Å². The fraction of sp³-hybridized carbons (Fsp3) is 0.923. The van der Waals surface area contributed by atoms with E-state index in [9.17, 15) is 4.79 Å². The number of nitrogens with two attached hydrogens (primary N) is 1. The molecular formula is C13H27NO2. The van der Waals surface area contributed by atoms with E-state index in [1.165, 1.54) is 12.8 Å². The van der Waals surface area contributed by atoms with Crippen LogP contribution in [0.15, 0.2) is 0 Å². The van der Waals surface area contributed by atoms with Crippen molar-refractivity contribution in [3.63, 3.8) is 0 Å². The second-order valence-electron chi connectivity index (χ2n) is 4.53. The molecular weight excluding hydrogens is 202 g/mol. The zero-order chi connectivity index (χ0) is 12.2. The highest BCUT2D eigenvalue weighted by molar-refractivity contribution is 5.69. The summed E-state index contributed by atoms with van der Waals surface area (Å²) in [4.78, 5) is 11.3. The number of hydrogen-bond donors (Lipinski definition) is 1. The third-order valence-electron chi connectivity index (χ3n) is 2.66. The highest BCUT2D eigenvalue weighted by Crippen LogP contribution is 2.09. The van der Waals surface area contributed by atoms with E-state index in [-0.39, 0.29) is 5.97 Å². The van der Waals surface area contributed by atoms with Crippen LogP contribution in [-0.2, 0) is 9.53 Å². The zero-order valence-electron chi connectivity index (χ0n) is 10.8. The number of carbonyl (C=O) groups excluding carboxylic acids is 1. The van der Waals surface area contributed by atoms with Crippen molar-refractivity contribution in [3.05, 3.63) is 0 Å². The van der Waals surface area contributed by atoms with E-state index in [2.05, 4.69) is 13.8 Å². The predicted molar refractivity (Wildman–Crippen MR) is 67.2 cm³/mol. The smallest absolute Gasteiger partial charge is 0.305 e. The molecule has 0 rings (SSSR count). The van der Waals surface area contributed by atoms with Gasteiger partial charge < -0.3 is 10.5 Å². The summed E-state index contributed by atoms with van der Waals surface area (Å²) in [5.41, 5.74) is 5.37. The lowest BCUT2D eigenvalue weighted by atomic mass is 10.1. The number of hydrogen-bond acceptors (Lipinski definition) is 3. The van der Waals surface area contributed by atoms with Crippen molar-refractivity contribution in [2.45, 2.75) is 58.8 Å². The minimum atomic E-state index is -0.0552. The summed E-state index contributed by atoms with van der Waals surface area (Å²) in [7, 11) is 0. The molecule has 96 valence electrons. The molecule has 0 aliphatic carbocycles. The average Bonchev–Trinajstić information content (AvgIpc) is 2.29. The van der Waals surface area contributed by atoms with E-state index in [0.717, 1.165) is 25.7 Å². The maximum atomic E-state index is 11.3. The van der Waals surface area contributed by atoms with Crippen molar-refractivity contribution in [3.8, 4) is 0 Å². The first-order valence-electron chi connectivity index (χ1n) is 6.56. The third-order valence-corrected chi connectivity index (χ3v) is 2.66. The lowest BCUT2D eigenvalue weighted by Gasteiger charge is -2.11. The Labute approximate surface area is 99.7 Å². The summed E-state index contributed by atoms with van der Waals surface area (Å²) in [5.74, 6) is 0.438. The largest absolute Gasteiger partial charge is 0.465 e. The molecule has 2 N–H and O–H groups in total. The molecule has 1 atom stereocenters. The van der Waals surface area contributed by atoms with Crippen LogP contribution < -0.4 is 5.73 Å². The lowest BCUT2D eigenvalue weighted by Crippen LogP contribution is -2.12. The molecule has 0 aliphatic heterocycles. The van der Waals surface area contributed by atoms with Gasteiger partial charge in [-0.2, -0.15) is 0 Å². The van der Waals surface area contributed by atoms with E-state index in [1.807, 2.05) is 0 Å². The molecule has 0 amide bonds. The second kappa shape index (κ2) is 10.9. The summed E-state index contributed by atoms with van der Waals surface area (Å²) < 4.78 is 5.21. The summed E-state index contributed by atoms with van der Waals surface area (Å²) in [6.45, 7) is 5.60. The number of esters is 1. The van der Waals surface area contributed by atoms with Crippen LogP contribution in [0.2, 0.25) is 0 Å². The zero-order valence-corrected chi connectivity index (χ0v) is 10.8. The molecule has 0 spiro atoms. The van der Waals surface area contributed by atoms with E-state index < -0.39 is 0 Å². The van der Waals surface area contributed by atoms with Crippen molar-refractivity contribution in [1.82, 2.24) is 0 Å². The molecule has 16 heavy (non-hydrogen) atoms. The van der Waals surface area contributed by atoms with E-state index >= 15 is 0 Å². The van der Waals surface area contributed by atoms with E-state index in [1.54, 1.807) is 0 Å². The Balaban J connectivity index is 3.35. The van der Waals surface area contributed by atoms with Crippen molar-refractivity contribution in [2.75, 3.05) is 13.2 Å². The number of unbranched alkanes of at least 4 members (excludes halogenated alkanes) is 3. The summed E-state index contributed by atoms with van der Waals surface area (Å²) in [6, 6.07) is 0. The normalized spacial score (nSPS) is 12.4. The molecule has 3 nitrogen and oxygen atoms in total. The summed E-state index contributed by atoms with van der Waals surface area (Å²) in [6.07, 6.45) is 7.04. The fourth-order valence-corrected chi connectivity index (χ4v) is 1.53. The molecule has 0 aromatic heterocycles. The van der Waals surface area contributed by atoms with Crippen LogP contribution in [0.25, 0.3) is 0 Å². The highest BCUT2D eigenvalue weighted by Gasteiger charge is 2.06. The van der Waals surface area contributed by atoms with Gasteiger partial charge in [-0.3, -0.25) is 4.79 Å². The van der Waals surface area contributed by atoms with Gasteiger partial charge in [0.2, 0.25) is 0 Å². The average molecular weight is 229 g/mol. The molecule has 0 aliphatic rings. The van der Waals surface area contributed by atoms with Gasteiger partial charge in [-0.05, 0) is 31.7 Å². The number of carbonyl (C=O) groups is 1. The minimum Gasteiger partial charge on any atom is -0.465 e. The van der Waals surface area contributed by atoms with Crippen LogP contribution in [0.5, 0.6) is 0 Å². The monoisotopic (exact) mass is 229 g/mol. The Hall–Kier alpha value is -0.570. The van der Waals surface area contributed by atoms with Gasteiger partial charge in [0.1, 0.15) is 0 Å².